The highest BCUT2D eigenvalue weighted by molar-refractivity contribution is 7.28. The van der Waals surface area contributed by atoms with Gasteiger partial charge >= 0.3 is 5.97 Å². The Bertz CT molecular complexity index is 719. The maximum Gasteiger partial charge on any atom is 0.348 e. The largest absolute Gasteiger partial charge is 0.462 e. The highest BCUT2D eigenvalue weighted by Gasteiger charge is 2.22. The van der Waals surface area contributed by atoms with Gasteiger partial charge in [-0.05, 0) is 18.4 Å². The number of amides is 1. The molecule has 1 fully saturated rings. The molecular formula is C16H20N2O4S2. The van der Waals surface area contributed by atoms with Crippen molar-refractivity contribution in [2.45, 2.75) is 25.9 Å². The summed E-state index contributed by atoms with van der Waals surface area (Å²) in [6.07, 6.45) is 0.368. The molecule has 24 heavy (non-hydrogen) atoms. The molecule has 0 aromatic carbocycles. The first kappa shape index (κ1) is 17.3. The average molecular weight is 368 g/mol. The summed E-state index contributed by atoms with van der Waals surface area (Å²) in [5.74, 6) is -0.374. The van der Waals surface area contributed by atoms with Gasteiger partial charge in [0, 0.05) is 35.8 Å². The highest BCUT2D eigenvalue weighted by Crippen LogP contribution is 2.35. The third-order valence-electron chi connectivity index (χ3n) is 3.74. The Balaban J connectivity index is 1.67. The minimum atomic E-state index is -0.322. The summed E-state index contributed by atoms with van der Waals surface area (Å²) in [5.41, 5.74) is 0.852. The molecule has 0 saturated carbocycles. The Kier molecular flexibility index (Phi) is 5.83. The molecule has 1 aliphatic rings. The SMILES string of the molecule is CCOC(=O)c1sc2ccsc2c1CNC(=O)CC1COCCN1. The molecule has 2 aromatic heterocycles. The summed E-state index contributed by atoms with van der Waals surface area (Å²) in [6, 6.07) is 2.04. The van der Waals surface area contributed by atoms with Gasteiger partial charge < -0.3 is 20.1 Å². The molecular weight excluding hydrogens is 348 g/mol. The normalized spacial score (nSPS) is 17.8. The van der Waals surface area contributed by atoms with Crippen LogP contribution in [0.25, 0.3) is 9.40 Å². The Hall–Kier alpha value is -1.48. The fourth-order valence-corrected chi connectivity index (χ4v) is 4.90. The van der Waals surface area contributed by atoms with Crippen molar-refractivity contribution in [3.05, 3.63) is 21.9 Å². The summed E-state index contributed by atoms with van der Waals surface area (Å²) in [6.45, 7) is 4.46. The Morgan fingerprint density at radius 2 is 2.38 bits per heavy atom. The molecule has 1 aliphatic heterocycles. The zero-order chi connectivity index (χ0) is 16.9. The molecule has 1 unspecified atom stereocenters. The van der Waals surface area contributed by atoms with E-state index in [-0.39, 0.29) is 17.9 Å². The second-order valence-corrected chi connectivity index (χ2v) is 7.42. The van der Waals surface area contributed by atoms with Gasteiger partial charge in [-0.25, -0.2) is 4.79 Å². The molecule has 0 spiro atoms. The zero-order valence-electron chi connectivity index (χ0n) is 13.4. The van der Waals surface area contributed by atoms with E-state index in [4.69, 9.17) is 9.47 Å². The molecule has 6 nitrogen and oxygen atoms in total. The quantitative estimate of drug-likeness (QED) is 0.764. The van der Waals surface area contributed by atoms with Crippen molar-refractivity contribution in [3.8, 4) is 0 Å². The van der Waals surface area contributed by atoms with Crippen LogP contribution < -0.4 is 10.6 Å². The number of carbonyl (C=O) groups is 2. The third kappa shape index (κ3) is 3.94. The molecule has 3 rings (SSSR count). The molecule has 0 bridgehead atoms. The smallest absolute Gasteiger partial charge is 0.348 e. The number of hydrogen-bond donors (Lipinski definition) is 2. The van der Waals surface area contributed by atoms with Crippen LogP contribution in [0.4, 0.5) is 0 Å². The second kappa shape index (κ2) is 8.06. The van der Waals surface area contributed by atoms with Crippen molar-refractivity contribution >= 4 is 43.9 Å². The van der Waals surface area contributed by atoms with Crippen molar-refractivity contribution in [1.29, 1.82) is 0 Å². The van der Waals surface area contributed by atoms with Crippen molar-refractivity contribution < 1.29 is 19.1 Å². The maximum atomic E-state index is 12.2. The fraction of sp³-hybridized carbons (Fsp3) is 0.500. The van der Waals surface area contributed by atoms with Gasteiger partial charge in [-0.2, -0.15) is 0 Å². The first-order chi connectivity index (χ1) is 11.7. The van der Waals surface area contributed by atoms with Gasteiger partial charge in [0.1, 0.15) is 4.88 Å². The summed E-state index contributed by atoms with van der Waals surface area (Å²) >= 11 is 2.99. The minimum absolute atomic E-state index is 0.0486. The maximum absolute atomic E-state index is 12.2. The number of esters is 1. The van der Waals surface area contributed by atoms with Gasteiger partial charge in [0.15, 0.2) is 0 Å². The molecule has 1 atom stereocenters. The molecule has 130 valence electrons. The van der Waals surface area contributed by atoms with Gasteiger partial charge in [0.05, 0.1) is 24.5 Å². The fourth-order valence-electron chi connectivity index (χ4n) is 2.63. The Morgan fingerprint density at radius 3 is 3.12 bits per heavy atom. The van der Waals surface area contributed by atoms with Crippen LogP contribution in [0.5, 0.6) is 0 Å². The summed E-state index contributed by atoms with van der Waals surface area (Å²) in [4.78, 5) is 24.9. The van der Waals surface area contributed by atoms with Crippen molar-refractivity contribution in [2.75, 3.05) is 26.4 Å². The van der Waals surface area contributed by atoms with Crippen LogP contribution >= 0.6 is 22.7 Å². The van der Waals surface area contributed by atoms with Gasteiger partial charge in [-0.3, -0.25) is 4.79 Å². The van der Waals surface area contributed by atoms with Crippen molar-refractivity contribution in [3.63, 3.8) is 0 Å². The number of fused-ring (bicyclic) bond motifs is 1. The molecule has 0 aliphatic carbocycles. The molecule has 3 heterocycles. The van der Waals surface area contributed by atoms with Crippen LogP contribution in [-0.4, -0.2) is 44.3 Å². The topological polar surface area (TPSA) is 76.7 Å². The van der Waals surface area contributed by atoms with Gasteiger partial charge in [0.25, 0.3) is 0 Å². The zero-order valence-corrected chi connectivity index (χ0v) is 15.1. The van der Waals surface area contributed by atoms with E-state index in [1.165, 1.54) is 11.3 Å². The minimum Gasteiger partial charge on any atom is -0.462 e. The lowest BCUT2D eigenvalue weighted by Gasteiger charge is -2.23. The predicted octanol–water partition coefficient (Wildman–Crippen LogP) is 2.13. The van der Waals surface area contributed by atoms with Crippen molar-refractivity contribution in [1.82, 2.24) is 10.6 Å². The standard InChI is InChI=1S/C16H20N2O4S2/c1-2-22-16(20)15-11(14-12(24-15)3-6-23-14)8-18-13(19)7-10-9-21-5-4-17-10/h3,6,10,17H,2,4-5,7-9H2,1H3,(H,18,19). The van der Waals surface area contributed by atoms with Crippen LogP contribution in [0.3, 0.4) is 0 Å². The van der Waals surface area contributed by atoms with E-state index in [9.17, 15) is 9.59 Å². The number of thiophene rings is 2. The van der Waals surface area contributed by atoms with Gasteiger partial charge in [-0.15, -0.1) is 22.7 Å². The molecule has 0 radical (unpaired) electrons. The van der Waals surface area contributed by atoms with E-state index in [0.717, 1.165) is 21.5 Å². The summed E-state index contributed by atoms with van der Waals surface area (Å²) in [7, 11) is 0. The lowest BCUT2D eigenvalue weighted by Crippen LogP contribution is -2.44. The number of nitrogens with one attached hydrogen (secondary N) is 2. The predicted molar refractivity (Wildman–Crippen MR) is 94.7 cm³/mol. The first-order valence-electron chi connectivity index (χ1n) is 7.92. The van der Waals surface area contributed by atoms with E-state index in [1.807, 2.05) is 11.4 Å². The van der Waals surface area contributed by atoms with Crippen LogP contribution in [-0.2, 0) is 20.8 Å². The lowest BCUT2D eigenvalue weighted by atomic mass is 10.2. The van der Waals surface area contributed by atoms with Crippen molar-refractivity contribution in [2.24, 2.45) is 0 Å². The number of hydrogen-bond acceptors (Lipinski definition) is 7. The van der Waals surface area contributed by atoms with E-state index in [1.54, 1.807) is 18.3 Å². The summed E-state index contributed by atoms with van der Waals surface area (Å²) in [5, 5.41) is 8.17. The number of morpholine rings is 1. The first-order valence-corrected chi connectivity index (χ1v) is 9.62. The van der Waals surface area contributed by atoms with E-state index in [2.05, 4.69) is 10.6 Å². The van der Waals surface area contributed by atoms with Gasteiger partial charge in [-0.1, -0.05) is 0 Å². The molecule has 1 saturated heterocycles. The van der Waals surface area contributed by atoms with Gasteiger partial charge in [0.2, 0.25) is 5.91 Å². The van der Waals surface area contributed by atoms with Crippen LogP contribution in [0, 0.1) is 0 Å². The van der Waals surface area contributed by atoms with Crippen LogP contribution in [0.15, 0.2) is 11.4 Å². The lowest BCUT2D eigenvalue weighted by molar-refractivity contribution is -0.122. The molecule has 2 aromatic rings. The van der Waals surface area contributed by atoms with Crippen LogP contribution in [0.2, 0.25) is 0 Å². The van der Waals surface area contributed by atoms with E-state index < -0.39 is 0 Å². The monoisotopic (exact) mass is 368 g/mol. The highest BCUT2D eigenvalue weighted by atomic mass is 32.1. The molecule has 2 N–H and O–H groups in total. The second-order valence-electron chi connectivity index (χ2n) is 5.45. The Labute approximate surface area is 148 Å². The number of rotatable bonds is 6. The Morgan fingerprint density at radius 1 is 1.50 bits per heavy atom. The summed E-state index contributed by atoms with van der Waals surface area (Å²) < 4.78 is 12.6. The van der Waals surface area contributed by atoms with Crippen LogP contribution in [0.1, 0.15) is 28.6 Å². The van der Waals surface area contributed by atoms with E-state index in [0.29, 0.717) is 37.7 Å². The molecule has 8 heteroatoms. The number of ether oxygens (including phenoxy) is 2. The number of carbonyl (C=O) groups excluding carboxylic acids is 2. The third-order valence-corrected chi connectivity index (χ3v) is 6.02. The molecule has 1 amide bonds. The average Bonchev–Trinajstić information content (AvgIpc) is 3.15. The van der Waals surface area contributed by atoms with E-state index >= 15 is 0 Å².